The average molecular weight is 435 g/mol. The van der Waals surface area contributed by atoms with Crippen molar-refractivity contribution in [3.8, 4) is 11.3 Å². The van der Waals surface area contributed by atoms with E-state index in [9.17, 15) is 18.0 Å². The maximum absolute atomic E-state index is 13.1. The summed E-state index contributed by atoms with van der Waals surface area (Å²) in [7, 11) is 0. The van der Waals surface area contributed by atoms with Gasteiger partial charge in [-0.2, -0.15) is 13.2 Å². The molecular formula is C18H9Cl3F3NO2. The fraction of sp³-hybridized carbons (Fsp3) is 0.0556. The number of benzene rings is 2. The van der Waals surface area contributed by atoms with Gasteiger partial charge in [-0.25, -0.2) is 0 Å². The highest BCUT2D eigenvalue weighted by atomic mass is 35.5. The average Bonchev–Trinajstić information content (AvgIpc) is 3.05. The van der Waals surface area contributed by atoms with Crippen LogP contribution < -0.4 is 5.32 Å². The summed E-state index contributed by atoms with van der Waals surface area (Å²) in [5.74, 6) is -0.757. The van der Waals surface area contributed by atoms with Gasteiger partial charge in [-0.3, -0.25) is 4.79 Å². The fourth-order valence-corrected chi connectivity index (χ4v) is 3.01. The summed E-state index contributed by atoms with van der Waals surface area (Å²) in [6.45, 7) is 0. The molecule has 0 saturated heterocycles. The molecule has 2 aromatic carbocycles. The van der Waals surface area contributed by atoms with Gasteiger partial charge in [-0.05, 0) is 48.5 Å². The minimum atomic E-state index is -4.68. The number of furan rings is 1. The molecule has 0 aliphatic carbocycles. The van der Waals surface area contributed by atoms with Crippen LogP contribution in [0, 0.1) is 0 Å². The topological polar surface area (TPSA) is 42.2 Å². The quantitative estimate of drug-likeness (QED) is 0.474. The number of amides is 1. The molecule has 0 saturated carbocycles. The van der Waals surface area contributed by atoms with Gasteiger partial charge in [0.2, 0.25) is 0 Å². The van der Waals surface area contributed by atoms with Gasteiger partial charge >= 0.3 is 6.18 Å². The van der Waals surface area contributed by atoms with Crippen LogP contribution in [0.1, 0.15) is 16.1 Å². The Bertz CT molecular complexity index is 1020. The number of rotatable bonds is 3. The monoisotopic (exact) mass is 433 g/mol. The predicted molar refractivity (Wildman–Crippen MR) is 98.6 cm³/mol. The number of halogens is 6. The highest BCUT2D eigenvalue weighted by Gasteiger charge is 2.34. The van der Waals surface area contributed by atoms with Gasteiger partial charge in [0.05, 0.1) is 16.3 Å². The van der Waals surface area contributed by atoms with Crippen LogP contribution in [-0.2, 0) is 6.18 Å². The number of nitrogens with one attached hydrogen (secondary N) is 1. The van der Waals surface area contributed by atoms with E-state index < -0.39 is 23.3 Å². The molecular weight excluding hydrogens is 426 g/mol. The lowest BCUT2D eigenvalue weighted by Crippen LogP contribution is -2.16. The summed E-state index contributed by atoms with van der Waals surface area (Å²) >= 11 is 17.5. The van der Waals surface area contributed by atoms with Gasteiger partial charge in [-0.15, -0.1) is 0 Å². The summed E-state index contributed by atoms with van der Waals surface area (Å²) in [5, 5.41) is 2.82. The Morgan fingerprint density at radius 1 is 0.926 bits per heavy atom. The molecule has 27 heavy (non-hydrogen) atoms. The van der Waals surface area contributed by atoms with E-state index in [-0.39, 0.29) is 16.5 Å². The lowest BCUT2D eigenvalue weighted by atomic mass is 10.1. The summed E-state index contributed by atoms with van der Waals surface area (Å²) in [4.78, 5) is 12.3. The number of carbonyl (C=O) groups excluding carboxylic acids is 1. The second kappa shape index (κ2) is 7.46. The molecule has 3 aromatic rings. The molecule has 140 valence electrons. The predicted octanol–water partition coefficient (Wildman–Crippen LogP) is 7.18. The first kappa shape index (κ1) is 19.6. The Hall–Kier alpha value is -2.15. The van der Waals surface area contributed by atoms with E-state index in [1.807, 2.05) is 0 Å². The van der Waals surface area contributed by atoms with Crippen molar-refractivity contribution in [1.82, 2.24) is 0 Å². The Balaban J connectivity index is 1.88. The van der Waals surface area contributed by atoms with Crippen molar-refractivity contribution in [1.29, 1.82) is 0 Å². The minimum absolute atomic E-state index is 0.0991. The van der Waals surface area contributed by atoms with Gasteiger partial charge in [0.1, 0.15) is 5.76 Å². The first-order chi connectivity index (χ1) is 12.6. The summed E-state index contributed by atoms with van der Waals surface area (Å²) in [6, 6.07) is 10.6. The van der Waals surface area contributed by atoms with Crippen molar-refractivity contribution in [3.05, 3.63) is 74.9 Å². The van der Waals surface area contributed by atoms with Gasteiger partial charge in [0, 0.05) is 15.6 Å². The number of hydrogen-bond acceptors (Lipinski definition) is 2. The summed E-state index contributed by atoms with van der Waals surface area (Å²) in [6.07, 6.45) is -4.68. The molecule has 3 rings (SSSR count). The van der Waals surface area contributed by atoms with Gasteiger partial charge < -0.3 is 9.73 Å². The van der Waals surface area contributed by atoms with E-state index in [2.05, 4.69) is 5.32 Å². The van der Waals surface area contributed by atoms with E-state index in [0.29, 0.717) is 15.6 Å². The molecule has 9 heteroatoms. The molecule has 1 aromatic heterocycles. The van der Waals surface area contributed by atoms with Crippen LogP contribution in [0.3, 0.4) is 0 Å². The molecule has 0 radical (unpaired) electrons. The zero-order valence-corrected chi connectivity index (χ0v) is 15.5. The molecule has 0 aliphatic rings. The Labute approximate surface area is 166 Å². The normalized spacial score (nSPS) is 11.5. The van der Waals surface area contributed by atoms with Gasteiger partial charge in [-0.1, -0.05) is 34.8 Å². The largest absolute Gasteiger partial charge is 0.451 e. The van der Waals surface area contributed by atoms with E-state index in [1.165, 1.54) is 24.3 Å². The molecule has 0 fully saturated rings. The minimum Gasteiger partial charge on any atom is -0.451 e. The lowest BCUT2D eigenvalue weighted by Gasteiger charge is -2.13. The Morgan fingerprint density at radius 2 is 1.59 bits per heavy atom. The van der Waals surface area contributed by atoms with E-state index in [1.54, 1.807) is 12.1 Å². The zero-order chi connectivity index (χ0) is 19.8. The second-order valence-corrected chi connectivity index (χ2v) is 6.71. The first-order valence-electron chi connectivity index (χ1n) is 7.38. The van der Waals surface area contributed by atoms with Crippen molar-refractivity contribution in [2.75, 3.05) is 5.32 Å². The van der Waals surface area contributed by atoms with Crippen molar-refractivity contribution < 1.29 is 22.4 Å². The Morgan fingerprint density at radius 3 is 2.26 bits per heavy atom. The molecule has 1 heterocycles. The molecule has 1 N–H and O–H groups in total. The van der Waals surface area contributed by atoms with E-state index in [0.717, 1.165) is 12.1 Å². The second-order valence-electron chi connectivity index (χ2n) is 5.43. The highest BCUT2D eigenvalue weighted by molar-refractivity contribution is 6.36. The van der Waals surface area contributed by atoms with Crippen LogP contribution in [0.4, 0.5) is 18.9 Å². The van der Waals surface area contributed by atoms with Gasteiger partial charge in [0.25, 0.3) is 5.91 Å². The van der Waals surface area contributed by atoms with Crippen molar-refractivity contribution >= 4 is 46.4 Å². The molecule has 3 nitrogen and oxygen atoms in total. The van der Waals surface area contributed by atoms with Crippen molar-refractivity contribution in [2.45, 2.75) is 6.18 Å². The van der Waals surface area contributed by atoms with E-state index in [4.69, 9.17) is 39.2 Å². The lowest BCUT2D eigenvalue weighted by molar-refractivity contribution is -0.136. The fourth-order valence-electron chi connectivity index (χ4n) is 2.34. The molecule has 1 amide bonds. The maximum Gasteiger partial charge on any atom is 0.418 e. The van der Waals surface area contributed by atoms with Crippen LogP contribution >= 0.6 is 34.8 Å². The van der Waals surface area contributed by atoms with Crippen molar-refractivity contribution in [2.24, 2.45) is 0 Å². The number of anilines is 1. The molecule has 0 atom stereocenters. The van der Waals surface area contributed by atoms with Crippen LogP contribution in [-0.4, -0.2) is 5.91 Å². The van der Waals surface area contributed by atoms with Crippen LogP contribution in [0.25, 0.3) is 11.3 Å². The SMILES string of the molecule is O=C(Nc1ccc(Cl)cc1C(F)(F)F)c1ccc(-c2ccc(Cl)cc2Cl)o1. The summed E-state index contributed by atoms with van der Waals surface area (Å²) < 4.78 is 44.8. The highest BCUT2D eigenvalue weighted by Crippen LogP contribution is 2.37. The maximum atomic E-state index is 13.1. The van der Waals surface area contributed by atoms with Crippen LogP contribution in [0.15, 0.2) is 52.9 Å². The first-order valence-corrected chi connectivity index (χ1v) is 8.52. The van der Waals surface area contributed by atoms with Crippen LogP contribution in [0.5, 0.6) is 0 Å². The van der Waals surface area contributed by atoms with Gasteiger partial charge in [0.15, 0.2) is 5.76 Å². The third kappa shape index (κ3) is 4.40. The third-order valence-electron chi connectivity index (χ3n) is 3.56. The standard InChI is InChI=1S/C18H9Cl3F3NO2/c19-9-2-4-14(12(7-9)18(22,23)24)25-17(26)16-6-5-15(27-16)11-3-1-10(20)8-13(11)21/h1-8H,(H,25,26). The van der Waals surface area contributed by atoms with Crippen molar-refractivity contribution in [3.63, 3.8) is 0 Å². The zero-order valence-electron chi connectivity index (χ0n) is 13.2. The Kier molecular flexibility index (Phi) is 5.42. The number of alkyl halides is 3. The smallest absolute Gasteiger partial charge is 0.418 e. The third-order valence-corrected chi connectivity index (χ3v) is 4.34. The summed E-state index contributed by atoms with van der Waals surface area (Å²) in [5.41, 5.74) is -1.00. The molecule has 0 spiro atoms. The molecule has 0 bridgehead atoms. The van der Waals surface area contributed by atoms with E-state index >= 15 is 0 Å². The number of hydrogen-bond donors (Lipinski definition) is 1. The molecule has 0 unspecified atom stereocenters. The number of carbonyl (C=O) groups is 1. The van der Waals surface area contributed by atoms with Crippen LogP contribution in [0.2, 0.25) is 15.1 Å². The molecule has 0 aliphatic heterocycles.